The average Bonchev–Trinajstić information content (AvgIpc) is 2.74. The van der Waals surface area contributed by atoms with E-state index in [-0.39, 0.29) is 24.9 Å². The molecule has 1 N–H and O–H groups in total. The molecule has 0 amide bonds. The van der Waals surface area contributed by atoms with Crippen LogP contribution in [0.5, 0.6) is 0 Å². The van der Waals surface area contributed by atoms with E-state index in [1.807, 2.05) is 0 Å². The summed E-state index contributed by atoms with van der Waals surface area (Å²) in [6.45, 7) is 0.736. The van der Waals surface area contributed by atoms with Crippen LogP contribution in [-0.2, 0) is 0 Å². The Bertz CT molecular complexity index is 324. The first kappa shape index (κ1) is 18.8. The molecule has 0 radical (unpaired) electrons. The number of nitrogens with zero attached hydrogens (tertiary/aromatic N) is 1. The molecule has 0 aromatic rings. The zero-order chi connectivity index (χ0) is 15.0. The summed E-state index contributed by atoms with van der Waals surface area (Å²) in [6, 6.07) is 0. The molecule has 2 nitrogen and oxygen atoms in total. The molecule has 0 bridgehead atoms. The summed E-state index contributed by atoms with van der Waals surface area (Å²) < 4.78 is 77.4. The standard InChI is InChI=1S/C12H18F6N2.ClH/c13-11(14,15)10(12(16,17)18)3-5-20(8-10)7-9-2-1-4-19-6-9;/h9,19H,1-8H2;1H. The number of rotatable bonds is 2. The monoisotopic (exact) mass is 340 g/mol. The number of piperidine rings is 1. The number of hydrogen-bond acceptors (Lipinski definition) is 2. The van der Waals surface area contributed by atoms with Crippen molar-refractivity contribution in [3.63, 3.8) is 0 Å². The maximum atomic E-state index is 12.9. The van der Waals surface area contributed by atoms with Gasteiger partial charge in [0.25, 0.3) is 0 Å². The van der Waals surface area contributed by atoms with E-state index in [0.29, 0.717) is 13.1 Å². The van der Waals surface area contributed by atoms with Gasteiger partial charge in [0, 0.05) is 13.1 Å². The van der Waals surface area contributed by atoms with E-state index in [9.17, 15) is 26.3 Å². The highest BCUT2D eigenvalue weighted by molar-refractivity contribution is 5.85. The highest BCUT2D eigenvalue weighted by atomic mass is 35.5. The van der Waals surface area contributed by atoms with Gasteiger partial charge in [0.15, 0.2) is 5.41 Å². The summed E-state index contributed by atoms with van der Waals surface area (Å²) in [4.78, 5) is 1.32. The van der Waals surface area contributed by atoms with Crippen molar-refractivity contribution in [2.75, 3.05) is 32.7 Å². The first-order chi connectivity index (χ1) is 9.16. The lowest BCUT2D eigenvalue weighted by molar-refractivity contribution is -0.335. The van der Waals surface area contributed by atoms with E-state index in [4.69, 9.17) is 0 Å². The van der Waals surface area contributed by atoms with Crippen molar-refractivity contribution in [1.29, 1.82) is 0 Å². The van der Waals surface area contributed by atoms with Crippen LogP contribution < -0.4 is 5.32 Å². The lowest BCUT2D eigenvalue weighted by Crippen LogP contribution is -2.52. The second kappa shape index (κ2) is 6.50. The number of hydrogen-bond donors (Lipinski definition) is 1. The van der Waals surface area contributed by atoms with E-state index in [0.717, 1.165) is 19.4 Å². The van der Waals surface area contributed by atoms with Crippen LogP contribution in [0.1, 0.15) is 19.3 Å². The Labute approximate surface area is 125 Å². The first-order valence-electron chi connectivity index (χ1n) is 6.72. The predicted molar refractivity (Wildman–Crippen MR) is 68.4 cm³/mol. The van der Waals surface area contributed by atoms with E-state index >= 15 is 0 Å². The fourth-order valence-electron chi connectivity index (χ4n) is 3.11. The summed E-state index contributed by atoms with van der Waals surface area (Å²) >= 11 is 0. The highest BCUT2D eigenvalue weighted by Crippen LogP contribution is 2.55. The van der Waals surface area contributed by atoms with Crippen LogP contribution in [0.2, 0.25) is 0 Å². The minimum Gasteiger partial charge on any atom is -0.316 e. The van der Waals surface area contributed by atoms with Gasteiger partial charge in [-0.3, -0.25) is 0 Å². The fourth-order valence-corrected chi connectivity index (χ4v) is 3.11. The molecule has 9 heteroatoms. The van der Waals surface area contributed by atoms with E-state index in [2.05, 4.69) is 5.32 Å². The van der Waals surface area contributed by atoms with Gasteiger partial charge < -0.3 is 10.2 Å². The van der Waals surface area contributed by atoms with Crippen molar-refractivity contribution >= 4 is 12.4 Å². The third-order valence-corrected chi connectivity index (χ3v) is 4.35. The minimum absolute atomic E-state index is 0. The SMILES string of the molecule is Cl.FC(F)(F)C1(C(F)(F)F)CCN(CC2CCCNC2)C1. The molecule has 1 unspecified atom stereocenters. The second-order valence-corrected chi connectivity index (χ2v) is 5.78. The fraction of sp³-hybridized carbons (Fsp3) is 1.00. The molecule has 2 rings (SSSR count). The highest BCUT2D eigenvalue weighted by Gasteiger charge is 2.72. The van der Waals surface area contributed by atoms with Crippen LogP contribution in [0, 0.1) is 11.3 Å². The Morgan fingerprint density at radius 3 is 2.14 bits per heavy atom. The van der Waals surface area contributed by atoms with Crippen molar-refractivity contribution < 1.29 is 26.3 Å². The zero-order valence-corrected chi connectivity index (χ0v) is 12.2. The molecule has 2 aliphatic heterocycles. The van der Waals surface area contributed by atoms with Crippen LogP contribution >= 0.6 is 12.4 Å². The van der Waals surface area contributed by atoms with Crippen LogP contribution in [0.25, 0.3) is 0 Å². The van der Waals surface area contributed by atoms with Gasteiger partial charge in [-0.25, -0.2) is 0 Å². The lowest BCUT2D eigenvalue weighted by Gasteiger charge is -2.34. The number of nitrogens with one attached hydrogen (secondary N) is 1. The van der Waals surface area contributed by atoms with Gasteiger partial charge in [-0.15, -0.1) is 12.4 Å². The first-order valence-corrected chi connectivity index (χ1v) is 6.72. The number of halogens is 7. The van der Waals surface area contributed by atoms with Gasteiger partial charge in [0.2, 0.25) is 0 Å². The maximum Gasteiger partial charge on any atom is 0.404 e. The lowest BCUT2D eigenvalue weighted by atomic mass is 9.85. The Kier molecular flexibility index (Phi) is 5.83. The smallest absolute Gasteiger partial charge is 0.316 e. The summed E-state index contributed by atoms with van der Waals surface area (Å²) in [5.74, 6) is 0.140. The molecule has 21 heavy (non-hydrogen) atoms. The molecule has 1 atom stereocenters. The van der Waals surface area contributed by atoms with Crippen LogP contribution in [-0.4, -0.2) is 50.0 Å². The van der Waals surface area contributed by atoms with Gasteiger partial charge >= 0.3 is 12.4 Å². The molecule has 0 spiro atoms. The minimum atomic E-state index is -5.25. The third-order valence-electron chi connectivity index (χ3n) is 4.35. The van der Waals surface area contributed by atoms with Gasteiger partial charge in [-0.2, -0.15) is 26.3 Å². The number of alkyl halides is 6. The van der Waals surface area contributed by atoms with E-state index < -0.39 is 30.7 Å². The summed E-state index contributed by atoms with van der Waals surface area (Å²) in [7, 11) is 0. The largest absolute Gasteiger partial charge is 0.404 e. The molecule has 2 fully saturated rings. The summed E-state index contributed by atoms with van der Waals surface area (Å²) in [6.07, 6.45) is -9.60. The summed E-state index contributed by atoms with van der Waals surface area (Å²) in [5, 5.41) is 3.12. The van der Waals surface area contributed by atoms with Crippen molar-refractivity contribution in [3.05, 3.63) is 0 Å². The third kappa shape index (κ3) is 3.76. The molecule has 0 aromatic carbocycles. The maximum absolute atomic E-state index is 12.9. The Balaban J connectivity index is 0.00000220. The van der Waals surface area contributed by atoms with Gasteiger partial charge in [-0.1, -0.05) is 0 Å². The molecule has 0 aliphatic carbocycles. The molecule has 2 aliphatic rings. The molecule has 0 saturated carbocycles. The molecular weight excluding hydrogens is 322 g/mol. The van der Waals surface area contributed by atoms with Crippen LogP contribution in [0.4, 0.5) is 26.3 Å². The topological polar surface area (TPSA) is 15.3 Å². The molecular formula is C12H19ClF6N2. The Morgan fingerprint density at radius 1 is 1.10 bits per heavy atom. The molecule has 0 aromatic heterocycles. The van der Waals surface area contributed by atoms with Crippen molar-refractivity contribution in [2.45, 2.75) is 31.6 Å². The van der Waals surface area contributed by atoms with Crippen molar-refractivity contribution in [1.82, 2.24) is 10.2 Å². The molecule has 2 heterocycles. The second-order valence-electron chi connectivity index (χ2n) is 5.78. The normalized spacial score (nSPS) is 27.4. The summed E-state index contributed by atoms with van der Waals surface area (Å²) in [5.41, 5.74) is -3.55. The predicted octanol–water partition coefficient (Wildman–Crippen LogP) is 3.22. The average molecular weight is 341 g/mol. The zero-order valence-electron chi connectivity index (χ0n) is 11.4. The molecule has 126 valence electrons. The quantitative estimate of drug-likeness (QED) is 0.776. The van der Waals surface area contributed by atoms with Gasteiger partial charge in [0.05, 0.1) is 0 Å². The number of likely N-dealkylation sites (tertiary alicyclic amines) is 1. The van der Waals surface area contributed by atoms with Crippen LogP contribution in [0.3, 0.4) is 0 Å². The van der Waals surface area contributed by atoms with Crippen molar-refractivity contribution in [2.24, 2.45) is 11.3 Å². The van der Waals surface area contributed by atoms with Crippen molar-refractivity contribution in [3.8, 4) is 0 Å². The van der Waals surface area contributed by atoms with Crippen LogP contribution in [0.15, 0.2) is 0 Å². The van der Waals surface area contributed by atoms with Gasteiger partial charge in [-0.05, 0) is 44.8 Å². The molecule has 2 saturated heterocycles. The van der Waals surface area contributed by atoms with E-state index in [1.54, 1.807) is 0 Å². The Morgan fingerprint density at radius 2 is 1.71 bits per heavy atom. The van der Waals surface area contributed by atoms with Gasteiger partial charge in [0.1, 0.15) is 0 Å². The van der Waals surface area contributed by atoms with E-state index in [1.165, 1.54) is 4.90 Å². The Hall–Kier alpha value is -0.210.